The lowest BCUT2D eigenvalue weighted by Crippen LogP contribution is -2.36. The third-order valence-electron chi connectivity index (χ3n) is 3.57. The molecule has 2 aromatic rings. The summed E-state index contributed by atoms with van der Waals surface area (Å²) < 4.78 is 0. The Morgan fingerprint density at radius 3 is 2.58 bits per heavy atom. The van der Waals surface area contributed by atoms with E-state index in [1.165, 1.54) is 0 Å². The van der Waals surface area contributed by atoms with E-state index >= 15 is 0 Å². The highest BCUT2D eigenvalue weighted by atomic mass is 16.3. The average Bonchev–Trinajstić information content (AvgIpc) is 2.61. The second-order valence-electron chi connectivity index (χ2n) is 5.71. The van der Waals surface area contributed by atoms with E-state index in [4.69, 9.17) is 0 Å². The Morgan fingerprint density at radius 2 is 1.88 bits per heavy atom. The van der Waals surface area contributed by atoms with Gasteiger partial charge in [-0.2, -0.15) is 0 Å². The van der Waals surface area contributed by atoms with Gasteiger partial charge >= 0.3 is 6.03 Å². The van der Waals surface area contributed by atoms with Crippen LogP contribution in [0, 0.1) is 0 Å². The third-order valence-corrected chi connectivity index (χ3v) is 3.57. The predicted octanol–water partition coefficient (Wildman–Crippen LogP) is 2.07. The number of hydrogen-bond donors (Lipinski definition) is 3. The van der Waals surface area contributed by atoms with Gasteiger partial charge in [0.1, 0.15) is 5.82 Å². The first-order valence-corrected chi connectivity index (χ1v) is 7.94. The zero-order valence-corrected chi connectivity index (χ0v) is 14.1. The number of nitrogens with one attached hydrogen (secondary N) is 2. The highest BCUT2D eigenvalue weighted by Gasteiger charge is 2.08. The number of aromatic nitrogens is 1. The Hall–Kier alpha value is -2.60. The van der Waals surface area contributed by atoms with Crippen molar-refractivity contribution in [3.8, 4) is 0 Å². The van der Waals surface area contributed by atoms with Gasteiger partial charge in [0.15, 0.2) is 0 Å². The number of aliphatic hydroxyl groups excluding tert-OH is 1. The van der Waals surface area contributed by atoms with Gasteiger partial charge in [-0.3, -0.25) is 0 Å². The van der Waals surface area contributed by atoms with Gasteiger partial charge in [-0.25, -0.2) is 9.78 Å². The van der Waals surface area contributed by atoms with Crippen molar-refractivity contribution < 1.29 is 9.90 Å². The number of anilines is 1. The van der Waals surface area contributed by atoms with E-state index in [1.54, 1.807) is 0 Å². The van der Waals surface area contributed by atoms with Crippen molar-refractivity contribution in [1.82, 2.24) is 15.6 Å². The molecular formula is C18H24N4O2. The zero-order valence-electron chi connectivity index (χ0n) is 14.1. The number of carbonyl (C=O) groups excluding carboxylic acids is 1. The van der Waals surface area contributed by atoms with Crippen LogP contribution in [0.25, 0.3) is 0 Å². The highest BCUT2D eigenvalue weighted by Crippen LogP contribution is 2.14. The Bertz CT molecular complexity index is 646. The number of hydrogen-bond acceptors (Lipinski definition) is 4. The van der Waals surface area contributed by atoms with Crippen LogP contribution >= 0.6 is 0 Å². The molecule has 1 aromatic heterocycles. The van der Waals surface area contributed by atoms with Gasteiger partial charge in [0, 0.05) is 20.6 Å². The standard InChI is InChI=1S/C18H24N4O2/c1-22(2)17-10-6-9-15(21-17)13-20-18(24)19-12-11-16(23)14-7-4-3-5-8-14/h3-10,16,23H,11-13H2,1-2H3,(H2,19,20,24). The molecule has 0 saturated carbocycles. The number of rotatable bonds is 7. The van der Waals surface area contributed by atoms with E-state index < -0.39 is 6.10 Å². The molecule has 1 aromatic carbocycles. The highest BCUT2D eigenvalue weighted by molar-refractivity contribution is 5.73. The molecule has 128 valence electrons. The minimum Gasteiger partial charge on any atom is -0.388 e. The molecule has 2 rings (SSSR count). The minimum absolute atomic E-state index is 0.271. The lowest BCUT2D eigenvalue weighted by Gasteiger charge is -2.13. The van der Waals surface area contributed by atoms with Crippen molar-refractivity contribution >= 4 is 11.8 Å². The van der Waals surface area contributed by atoms with Crippen LogP contribution in [0.2, 0.25) is 0 Å². The van der Waals surface area contributed by atoms with Crippen LogP contribution in [-0.2, 0) is 6.54 Å². The molecule has 0 aliphatic carbocycles. The number of pyridine rings is 1. The quantitative estimate of drug-likeness (QED) is 0.727. The van der Waals surface area contributed by atoms with Gasteiger partial charge in [-0.05, 0) is 24.1 Å². The van der Waals surface area contributed by atoms with E-state index in [-0.39, 0.29) is 6.03 Å². The summed E-state index contributed by atoms with van der Waals surface area (Å²) in [5.41, 5.74) is 1.64. The fraction of sp³-hybridized carbons (Fsp3) is 0.333. The molecule has 0 saturated heterocycles. The van der Waals surface area contributed by atoms with E-state index in [2.05, 4.69) is 15.6 Å². The summed E-state index contributed by atoms with van der Waals surface area (Å²) >= 11 is 0. The average molecular weight is 328 g/mol. The fourth-order valence-electron chi connectivity index (χ4n) is 2.21. The molecule has 0 aliphatic rings. The molecule has 3 N–H and O–H groups in total. The van der Waals surface area contributed by atoms with Gasteiger partial charge in [-0.15, -0.1) is 0 Å². The van der Waals surface area contributed by atoms with Gasteiger partial charge in [0.25, 0.3) is 0 Å². The lowest BCUT2D eigenvalue weighted by atomic mass is 10.1. The van der Waals surface area contributed by atoms with Crippen molar-refractivity contribution in [2.45, 2.75) is 19.1 Å². The molecule has 1 heterocycles. The number of carbonyl (C=O) groups is 1. The van der Waals surface area contributed by atoms with Crippen LogP contribution in [0.4, 0.5) is 10.6 Å². The molecule has 0 spiro atoms. The summed E-state index contributed by atoms with van der Waals surface area (Å²) in [6.45, 7) is 0.752. The molecule has 0 radical (unpaired) electrons. The monoisotopic (exact) mass is 328 g/mol. The summed E-state index contributed by atoms with van der Waals surface area (Å²) in [5, 5.41) is 15.5. The smallest absolute Gasteiger partial charge is 0.315 e. The maximum absolute atomic E-state index is 11.8. The third kappa shape index (κ3) is 5.55. The van der Waals surface area contributed by atoms with Crippen molar-refractivity contribution in [2.75, 3.05) is 25.5 Å². The maximum atomic E-state index is 11.8. The van der Waals surface area contributed by atoms with Crippen LogP contribution in [0.3, 0.4) is 0 Å². The molecule has 24 heavy (non-hydrogen) atoms. The van der Waals surface area contributed by atoms with Gasteiger partial charge in [0.2, 0.25) is 0 Å². The normalized spacial score (nSPS) is 11.6. The molecule has 1 atom stereocenters. The minimum atomic E-state index is -0.579. The molecule has 0 bridgehead atoms. The van der Waals surface area contributed by atoms with Crippen LogP contribution in [-0.4, -0.2) is 36.8 Å². The first-order chi connectivity index (χ1) is 11.6. The zero-order chi connectivity index (χ0) is 17.4. The summed E-state index contributed by atoms with van der Waals surface area (Å²) in [6, 6.07) is 14.8. The molecule has 6 nitrogen and oxygen atoms in total. The molecular weight excluding hydrogens is 304 g/mol. The van der Waals surface area contributed by atoms with Crippen molar-refractivity contribution in [1.29, 1.82) is 0 Å². The summed E-state index contributed by atoms with van der Waals surface area (Å²) in [4.78, 5) is 18.2. The van der Waals surface area contributed by atoms with Crippen molar-refractivity contribution in [3.05, 3.63) is 59.8 Å². The Balaban J connectivity index is 1.71. The second kappa shape index (κ2) is 8.88. The van der Waals surface area contributed by atoms with Crippen LogP contribution in [0.15, 0.2) is 48.5 Å². The van der Waals surface area contributed by atoms with Gasteiger partial charge in [-0.1, -0.05) is 36.4 Å². The maximum Gasteiger partial charge on any atom is 0.315 e. The van der Waals surface area contributed by atoms with E-state index in [9.17, 15) is 9.90 Å². The SMILES string of the molecule is CN(C)c1cccc(CNC(=O)NCCC(O)c2ccccc2)n1. The first kappa shape index (κ1) is 17.7. The second-order valence-corrected chi connectivity index (χ2v) is 5.71. The van der Waals surface area contributed by atoms with Gasteiger partial charge in [0.05, 0.1) is 18.3 Å². The lowest BCUT2D eigenvalue weighted by molar-refractivity contribution is 0.167. The molecule has 2 amide bonds. The van der Waals surface area contributed by atoms with Crippen LogP contribution < -0.4 is 15.5 Å². The van der Waals surface area contributed by atoms with Crippen LogP contribution in [0.5, 0.6) is 0 Å². The predicted molar refractivity (Wildman–Crippen MR) is 94.8 cm³/mol. The summed E-state index contributed by atoms with van der Waals surface area (Å²) in [5.74, 6) is 0.848. The molecule has 0 fully saturated rings. The number of benzene rings is 1. The molecule has 1 unspecified atom stereocenters. The van der Waals surface area contributed by atoms with Crippen molar-refractivity contribution in [3.63, 3.8) is 0 Å². The fourth-order valence-corrected chi connectivity index (χ4v) is 2.21. The Labute approximate surface area is 142 Å². The Morgan fingerprint density at radius 1 is 1.12 bits per heavy atom. The number of amides is 2. The van der Waals surface area contributed by atoms with E-state index in [1.807, 2.05) is 67.5 Å². The number of urea groups is 1. The van der Waals surface area contributed by atoms with E-state index in [0.717, 1.165) is 17.1 Å². The summed E-state index contributed by atoms with van der Waals surface area (Å²) in [6.07, 6.45) is -0.115. The number of aliphatic hydroxyl groups is 1. The molecule has 0 aliphatic heterocycles. The summed E-state index contributed by atoms with van der Waals surface area (Å²) in [7, 11) is 3.84. The van der Waals surface area contributed by atoms with Gasteiger partial charge < -0.3 is 20.6 Å². The first-order valence-electron chi connectivity index (χ1n) is 7.94. The largest absolute Gasteiger partial charge is 0.388 e. The Kier molecular flexibility index (Phi) is 6.57. The molecule has 6 heteroatoms. The van der Waals surface area contributed by atoms with Crippen molar-refractivity contribution in [2.24, 2.45) is 0 Å². The topological polar surface area (TPSA) is 77.5 Å². The van der Waals surface area contributed by atoms with Crippen LogP contribution in [0.1, 0.15) is 23.8 Å². The number of nitrogens with zero attached hydrogens (tertiary/aromatic N) is 2. The van der Waals surface area contributed by atoms with E-state index in [0.29, 0.717) is 19.5 Å².